The van der Waals surface area contributed by atoms with Crippen molar-refractivity contribution in [2.24, 2.45) is 0 Å². The summed E-state index contributed by atoms with van der Waals surface area (Å²) in [6.45, 7) is 4.39. The molecule has 0 spiro atoms. The van der Waals surface area contributed by atoms with Gasteiger partial charge in [0, 0.05) is 11.7 Å². The van der Waals surface area contributed by atoms with Crippen molar-refractivity contribution in [2.75, 3.05) is 13.7 Å². The van der Waals surface area contributed by atoms with Crippen molar-refractivity contribution in [1.29, 1.82) is 10.5 Å². The van der Waals surface area contributed by atoms with Crippen LogP contribution in [0.1, 0.15) is 26.3 Å². The van der Waals surface area contributed by atoms with Crippen LogP contribution in [0.5, 0.6) is 5.75 Å². The molecule has 0 aliphatic carbocycles. The van der Waals surface area contributed by atoms with Gasteiger partial charge in [0.05, 0.1) is 30.7 Å². The number of amides is 1. The second-order valence-electron chi connectivity index (χ2n) is 9.16. The molecule has 10 nitrogen and oxygen atoms in total. The van der Waals surface area contributed by atoms with E-state index in [0.29, 0.717) is 10.1 Å². The van der Waals surface area contributed by atoms with E-state index in [9.17, 15) is 33.9 Å². The number of rotatable bonds is 10. The average Bonchev–Trinajstić information content (AvgIpc) is 2.85. The van der Waals surface area contributed by atoms with Crippen molar-refractivity contribution in [3.05, 3.63) is 71.9 Å². The summed E-state index contributed by atoms with van der Waals surface area (Å²) in [5.74, 6) is 0.418. The van der Waals surface area contributed by atoms with Gasteiger partial charge in [-0.2, -0.15) is 10.5 Å². The molecule has 2 atom stereocenters. The summed E-state index contributed by atoms with van der Waals surface area (Å²) in [6.07, 6.45) is -1.89. The molecule has 1 amide bonds. The largest absolute Gasteiger partial charge is 0.497 e. The molecule has 196 valence electrons. The van der Waals surface area contributed by atoms with E-state index in [-0.39, 0.29) is 11.3 Å². The highest BCUT2D eigenvalue weighted by atomic mass is 32.2. The number of aliphatic hydroxyl groups excluding tert-OH is 1. The highest BCUT2D eigenvalue weighted by Crippen LogP contribution is 2.26. The van der Waals surface area contributed by atoms with Gasteiger partial charge in [-0.05, 0) is 57.0 Å². The number of carboxylic acid groups (broad SMARTS) is 1. The van der Waals surface area contributed by atoms with Gasteiger partial charge in [0.15, 0.2) is 0 Å². The molecule has 0 saturated carbocycles. The zero-order valence-electron chi connectivity index (χ0n) is 21.1. The van der Waals surface area contributed by atoms with Gasteiger partial charge in [0.25, 0.3) is 10.0 Å². The molecule has 0 aliphatic heterocycles. The van der Waals surface area contributed by atoms with Crippen LogP contribution in [0.15, 0.2) is 71.3 Å². The molecule has 0 bridgehead atoms. The molecule has 37 heavy (non-hydrogen) atoms. The number of methoxy groups -OCH3 is 1. The number of hydrogen-bond donors (Lipinski definition) is 2. The first-order chi connectivity index (χ1) is 17.3. The number of aliphatic hydroxyl groups is 1. The third-order valence-corrected chi connectivity index (χ3v) is 7.28. The Morgan fingerprint density at radius 2 is 1.65 bits per heavy atom. The number of benzene rings is 2. The lowest BCUT2D eigenvalue weighted by molar-refractivity contribution is 0.00375. The van der Waals surface area contributed by atoms with E-state index >= 15 is 0 Å². The van der Waals surface area contributed by atoms with Crippen molar-refractivity contribution in [2.45, 2.75) is 49.8 Å². The number of hydrogen-bond acceptors (Lipinski definition) is 7. The maximum absolute atomic E-state index is 13.5. The fraction of sp³-hybridized carbons (Fsp3) is 0.346. The third kappa shape index (κ3) is 7.46. The second-order valence-corrected chi connectivity index (χ2v) is 11.1. The van der Waals surface area contributed by atoms with E-state index in [1.807, 2.05) is 0 Å². The van der Waals surface area contributed by atoms with E-state index in [4.69, 9.17) is 4.74 Å². The van der Waals surface area contributed by atoms with Crippen LogP contribution < -0.4 is 4.74 Å². The highest BCUT2D eigenvalue weighted by Gasteiger charge is 2.39. The lowest BCUT2D eigenvalue weighted by Crippen LogP contribution is -2.58. The van der Waals surface area contributed by atoms with E-state index in [1.54, 1.807) is 63.2 Å². The minimum Gasteiger partial charge on any atom is -0.497 e. The molecule has 11 heteroatoms. The van der Waals surface area contributed by atoms with Crippen LogP contribution in [0.3, 0.4) is 0 Å². The molecule has 0 saturated heterocycles. The van der Waals surface area contributed by atoms with Gasteiger partial charge < -0.3 is 14.9 Å². The van der Waals surface area contributed by atoms with Gasteiger partial charge in [-0.1, -0.05) is 30.3 Å². The van der Waals surface area contributed by atoms with Crippen LogP contribution in [0, 0.1) is 22.7 Å². The van der Waals surface area contributed by atoms with E-state index in [0.717, 1.165) is 16.7 Å². The third-order valence-electron chi connectivity index (χ3n) is 5.54. The van der Waals surface area contributed by atoms with Gasteiger partial charge >= 0.3 is 6.09 Å². The van der Waals surface area contributed by atoms with Crippen molar-refractivity contribution < 1.29 is 28.2 Å². The number of carbonyl (C=O) groups is 1. The normalized spacial score (nSPS) is 12.8. The standard InChI is InChI=1S/C26H30N4O6S/c1-26(2,3)30(25(32)33)23(14-19-8-6-5-7-9-19)24(31)18-29(17-20(15-27)16-28)37(34,35)22-12-10-21(36-4)11-13-22/h5-13,17,23-24,31H,14,18H2,1-4H3,(H,32,33)/t23-,24+/m0/s1. The summed E-state index contributed by atoms with van der Waals surface area (Å²) in [7, 11) is -2.92. The summed E-state index contributed by atoms with van der Waals surface area (Å²) in [4.78, 5) is 13.2. The van der Waals surface area contributed by atoms with Crippen LogP contribution in [-0.4, -0.2) is 65.3 Å². The Labute approximate surface area is 217 Å². The quantitative estimate of drug-likeness (QED) is 0.447. The Bertz CT molecular complexity index is 1270. The topological polar surface area (TPSA) is 155 Å². The Kier molecular flexibility index (Phi) is 9.67. The summed E-state index contributed by atoms with van der Waals surface area (Å²) in [5, 5.41) is 39.9. The first-order valence-electron chi connectivity index (χ1n) is 11.3. The summed E-state index contributed by atoms with van der Waals surface area (Å²) >= 11 is 0. The van der Waals surface area contributed by atoms with Gasteiger partial charge in [0.2, 0.25) is 0 Å². The summed E-state index contributed by atoms with van der Waals surface area (Å²) < 4.78 is 32.8. The van der Waals surface area contributed by atoms with E-state index in [2.05, 4.69) is 0 Å². The number of ether oxygens (including phenoxy) is 1. The van der Waals surface area contributed by atoms with Gasteiger partial charge in [-0.25, -0.2) is 13.2 Å². The lowest BCUT2D eigenvalue weighted by atomic mass is 9.94. The molecule has 0 radical (unpaired) electrons. The van der Waals surface area contributed by atoms with Crippen LogP contribution in [0.25, 0.3) is 0 Å². The van der Waals surface area contributed by atoms with Crippen LogP contribution in [0.2, 0.25) is 0 Å². The van der Waals surface area contributed by atoms with Crippen molar-refractivity contribution in [1.82, 2.24) is 9.21 Å². The predicted molar refractivity (Wildman–Crippen MR) is 136 cm³/mol. The van der Waals surface area contributed by atoms with Crippen LogP contribution >= 0.6 is 0 Å². The van der Waals surface area contributed by atoms with Crippen molar-refractivity contribution in [3.63, 3.8) is 0 Å². The molecule has 0 heterocycles. The lowest BCUT2D eigenvalue weighted by Gasteiger charge is -2.42. The smallest absolute Gasteiger partial charge is 0.408 e. The molecule has 2 aromatic rings. The van der Waals surface area contributed by atoms with E-state index in [1.165, 1.54) is 31.4 Å². The Hall–Kier alpha value is -4.06. The molecule has 2 rings (SSSR count). The van der Waals surface area contributed by atoms with Crippen molar-refractivity contribution >= 4 is 16.1 Å². The fourth-order valence-corrected chi connectivity index (χ4v) is 5.16. The summed E-state index contributed by atoms with van der Waals surface area (Å²) in [5.41, 5.74) is -0.710. The van der Waals surface area contributed by atoms with Gasteiger partial charge in [-0.15, -0.1) is 0 Å². The molecule has 0 aromatic heterocycles. The van der Waals surface area contributed by atoms with E-state index < -0.39 is 45.9 Å². The summed E-state index contributed by atoms with van der Waals surface area (Å²) in [6, 6.07) is 16.5. The molecule has 0 aliphatic rings. The Morgan fingerprint density at radius 1 is 1.08 bits per heavy atom. The maximum Gasteiger partial charge on any atom is 0.408 e. The predicted octanol–water partition coefficient (Wildman–Crippen LogP) is 3.37. The molecular formula is C26H30N4O6S. The first-order valence-corrected chi connectivity index (χ1v) is 12.7. The monoisotopic (exact) mass is 526 g/mol. The zero-order chi connectivity index (χ0) is 27.8. The Morgan fingerprint density at radius 3 is 2.11 bits per heavy atom. The fourth-order valence-electron chi connectivity index (χ4n) is 3.82. The molecule has 2 N–H and O–H groups in total. The minimum absolute atomic E-state index is 0.0923. The zero-order valence-corrected chi connectivity index (χ0v) is 21.9. The molecular weight excluding hydrogens is 496 g/mol. The van der Waals surface area contributed by atoms with Crippen LogP contribution in [-0.2, 0) is 16.4 Å². The highest BCUT2D eigenvalue weighted by molar-refractivity contribution is 7.89. The van der Waals surface area contributed by atoms with Gasteiger partial charge in [-0.3, -0.25) is 9.21 Å². The SMILES string of the molecule is COc1ccc(S(=O)(=O)N(C=C(C#N)C#N)C[C@@H](O)[C@H](Cc2ccccc2)N(C(=O)O)C(C)(C)C)cc1. The maximum atomic E-state index is 13.5. The average molecular weight is 527 g/mol. The minimum atomic E-state index is -4.35. The van der Waals surface area contributed by atoms with Crippen LogP contribution in [0.4, 0.5) is 4.79 Å². The Balaban J connectivity index is 2.58. The second kappa shape index (κ2) is 12.3. The number of nitriles is 2. The number of nitrogens with zero attached hydrogens (tertiary/aromatic N) is 4. The first kappa shape index (κ1) is 29.2. The molecule has 0 fully saturated rings. The molecule has 0 unspecified atom stereocenters. The number of sulfonamides is 1. The van der Waals surface area contributed by atoms with Crippen molar-refractivity contribution in [3.8, 4) is 17.9 Å². The molecule has 2 aromatic carbocycles. The number of allylic oxidation sites excluding steroid dienone is 1. The van der Waals surface area contributed by atoms with Gasteiger partial charge in [0.1, 0.15) is 23.5 Å².